The summed E-state index contributed by atoms with van der Waals surface area (Å²) in [5, 5.41) is 16.3. The molecule has 0 bridgehead atoms. The summed E-state index contributed by atoms with van der Waals surface area (Å²) < 4.78 is 0. The van der Waals surface area contributed by atoms with E-state index in [9.17, 15) is 10.1 Å². The van der Waals surface area contributed by atoms with Crippen LogP contribution in [0.1, 0.15) is 0 Å². The molecule has 2 aromatic carbocycles. The molecule has 0 saturated carbocycles. The van der Waals surface area contributed by atoms with Gasteiger partial charge < -0.3 is 5.73 Å². The lowest BCUT2D eigenvalue weighted by molar-refractivity contribution is -0.384. The first-order chi connectivity index (χ1) is 14.1. The van der Waals surface area contributed by atoms with Gasteiger partial charge in [0.1, 0.15) is 0 Å². The number of nitrogens with zero attached hydrogens (tertiary/aromatic N) is 1. The van der Waals surface area contributed by atoms with Gasteiger partial charge in [0.15, 0.2) is 0 Å². The molecule has 0 saturated heterocycles. The van der Waals surface area contributed by atoms with Gasteiger partial charge in [0, 0.05) is 17.8 Å². The van der Waals surface area contributed by atoms with E-state index in [1.807, 2.05) is 0 Å². The van der Waals surface area contributed by atoms with Gasteiger partial charge in [-0.25, -0.2) is 0 Å². The van der Waals surface area contributed by atoms with E-state index in [0.29, 0.717) is 0 Å². The summed E-state index contributed by atoms with van der Waals surface area (Å²) >= 11 is 0. The molecular weight excluding hydrogens is 461 g/mol. The van der Waals surface area contributed by atoms with Crippen molar-refractivity contribution in [3.8, 4) is 0 Å². The summed E-state index contributed by atoms with van der Waals surface area (Å²) in [5.74, 6) is 0. The fourth-order valence-corrected chi connectivity index (χ4v) is 8.10. The van der Waals surface area contributed by atoms with Crippen LogP contribution in [0.2, 0.25) is 78.6 Å². The Morgan fingerprint density at radius 3 is 1.03 bits per heavy atom. The Bertz CT molecular complexity index is 899. The van der Waals surface area contributed by atoms with Crippen molar-refractivity contribution in [2.45, 2.75) is 78.6 Å². The van der Waals surface area contributed by atoms with Crippen molar-refractivity contribution in [2.24, 2.45) is 0 Å². The Morgan fingerprint density at radius 2 is 0.812 bits per heavy atom. The molecule has 0 atom stereocenters. The van der Waals surface area contributed by atoms with E-state index in [2.05, 4.69) is 103 Å². The zero-order valence-electron chi connectivity index (χ0n) is 22.3. The van der Waals surface area contributed by atoms with E-state index < -0.39 is 32.3 Å². The second-order valence-electron chi connectivity index (χ2n) is 12.9. The molecule has 2 aromatic rings. The highest BCUT2D eigenvalue weighted by Gasteiger charge is 2.25. The molecular formula is C24H44N2O2Si4. The maximum absolute atomic E-state index is 11.0. The summed E-state index contributed by atoms with van der Waals surface area (Å²) in [6.45, 7) is 27.6. The highest BCUT2D eigenvalue weighted by Crippen LogP contribution is 2.14. The van der Waals surface area contributed by atoms with E-state index in [4.69, 9.17) is 5.73 Å². The average Bonchev–Trinajstić information content (AvgIpc) is 2.58. The van der Waals surface area contributed by atoms with Gasteiger partial charge in [0.05, 0.1) is 37.2 Å². The molecule has 0 amide bonds. The Morgan fingerprint density at radius 1 is 0.562 bits per heavy atom. The molecule has 178 valence electrons. The number of nitrogens with two attached hydrogens (primary N) is 1. The number of nitro groups is 1. The van der Waals surface area contributed by atoms with Gasteiger partial charge in [-0.05, 0) is 12.1 Å². The van der Waals surface area contributed by atoms with Crippen LogP contribution in [-0.4, -0.2) is 37.2 Å². The van der Waals surface area contributed by atoms with Crippen molar-refractivity contribution >= 4 is 64.4 Å². The lowest BCUT2D eigenvalue weighted by Gasteiger charge is -2.23. The Balaban J connectivity index is 0.000000323. The number of benzene rings is 2. The van der Waals surface area contributed by atoms with Crippen LogP contribution < -0.4 is 26.5 Å². The standard InChI is InChI=1S/C12H21NO2Si2.C12H23NSi2/c1-16(2,3)11-7-10(13(14)15)8-12(9-11)17(4,5)6;1-14(2,3)11-7-10(13)8-12(9-11)15(4,5)6/h7-9H,1-6H3;7-9H,13H2,1-6H3. The fraction of sp³-hybridized carbons (Fsp3) is 0.500. The Hall–Kier alpha value is -1.49. The topological polar surface area (TPSA) is 69.2 Å². The van der Waals surface area contributed by atoms with Crippen molar-refractivity contribution < 1.29 is 4.92 Å². The van der Waals surface area contributed by atoms with E-state index in [0.717, 1.165) is 5.69 Å². The third-order valence-electron chi connectivity index (χ3n) is 5.55. The predicted molar refractivity (Wildman–Crippen MR) is 156 cm³/mol. The zero-order valence-corrected chi connectivity index (χ0v) is 26.3. The van der Waals surface area contributed by atoms with Crippen molar-refractivity contribution in [1.82, 2.24) is 0 Å². The largest absolute Gasteiger partial charge is 0.399 e. The predicted octanol–water partition coefficient (Wildman–Crippen LogP) is 5.04. The summed E-state index contributed by atoms with van der Waals surface area (Å²) in [5.41, 5.74) is 7.19. The van der Waals surface area contributed by atoms with Crippen molar-refractivity contribution in [1.29, 1.82) is 0 Å². The van der Waals surface area contributed by atoms with Crippen molar-refractivity contribution in [2.75, 3.05) is 5.73 Å². The number of non-ortho nitro benzene ring substituents is 1. The number of nitrogen functional groups attached to an aromatic ring is 1. The molecule has 0 aliphatic rings. The lowest BCUT2D eigenvalue weighted by Crippen LogP contribution is -2.45. The van der Waals surface area contributed by atoms with Crippen molar-refractivity contribution in [3.05, 3.63) is 46.5 Å². The quantitative estimate of drug-likeness (QED) is 0.268. The van der Waals surface area contributed by atoms with Crippen LogP contribution in [0, 0.1) is 10.1 Å². The first-order valence-corrected chi connectivity index (χ1v) is 25.3. The van der Waals surface area contributed by atoms with Crippen molar-refractivity contribution in [3.63, 3.8) is 0 Å². The van der Waals surface area contributed by atoms with E-state index >= 15 is 0 Å². The number of rotatable bonds is 5. The molecule has 0 aliphatic heterocycles. The van der Waals surface area contributed by atoms with Crippen LogP contribution in [0.25, 0.3) is 0 Å². The van der Waals surface area contributed by atoms with Crippen LogP contribution >= 0.6 is 0 Å². The molecule has 8 heteroatoms. The summed E-state index contributed by atoms with van der Waals surface area (Å²) in [6, 6.07) is 12.4. The van der Waals surface area contributed by atoms with Crippen LogP contribution in [0.5, 0.6) is 0 Å². The Kier molecular flexibility index (Phi) is 8.73. The molecule has 4 nitrogen and oxygen atoms in total. The van der Waals surface area contributed by atoms with Gasteiger partial charge in [0.2, 0.25) is 0 Å². The number of hydrogen-bond donors (Lipinski definition) is 1. The zero-order chi connectivity index (χ0) is 25.3. The highest BCUT2D eigenvalue weighted by molar-refractivity contribution is 6.92. The second-order valence-corrected chi connectivity index (χ2v) is 33.2. The minimum atomic E-state index is -1.50. The molecule has 0 aliphatic carbocycles. The van der Waals surface area contributed by atoms with Gasteiger partial charge in [-0.2, -0.15) is 0 Å². The van der Waals surface area contributed by atoms with Gasteiger partial charge in [-0.1, -0.05) is 111 Å². The van der Waals surface area contributed by atoms with Crippen LogP contribution in [-0.2, 0) is 0 Å². The molecule has 0 aromatic heterocycles. The molecule has 0 fully saturated rings. The van der Waals surface area contributed by atoms with Gasteiger partial charge >= 0.3 is 0 Å². The van der Waals surface area contributed by atoms with E-state index in [-0.39, 0.29) is 10.6 Å². The Labute approximate surface area is 199 Å². The maximum atomic E-state index is 11.0. The first kappa shape index (κ1) is 28.5. The van der Waals surface area contributed by atoms with Gasteiger partial charge in [-0.3, -0.25) is 10.1 Å². The van der Waals surface area contributed by atoms with E-state index in [1.165, 1.54) is 20.7 Å². The molecule has 2 N–H and O–H groups in total. The molecule has 32 heavy (non-hydrogen) atoms. The molecule has 0 spiro atoms. The fourth-order valence-electron chi connectivity index (χ4n) is 3.10. The molecule has 0 heterocycles. The van der Waals surface area contributed by atoms with Gasteiger partial charge in [0.25, 0.3) is 5.69 Å². The summed E-state index contributed by atoms with van der Waals surface area (Å²) in [7, 11) is -5.47. The average molecular weight is 505 g/mol. The van der Waals surface area contributed by atoms with Crippen LogP contribution in [0.4, 0.5) is 11.4 Å². The van der Waals surface area contributed by atoms with Crippen LogP contribution in [0.3, 0.4) is 0 Å². The first-order valence-electron chi connectivity index (χ1n) is 11.3. The third kappa shape index (κ3) is 8.46. The lowest BCUT2D eigenvalue weighted by atomic mass is 10.3. The maximum Gasteiger partial charge on any atom is 0.269 e. The SMILES string of the molecule is C[Si](C)(C)c1cc(N)cc([Si](C)(C)C)c1.C[Si](C)(C)c1cc([N+](=O)[O-])cc([Si](C)(C)C)c1. The third-order valence-corrected chi connectivity index (χ3v) is 13.6. The van der Waals surface area contributed by atoms with E-state index in [1.54, 1.807) is 12.1 Å². The van der Waals surface area contributed by atoms with Crippen LogP contribution in [0.15, 0.2) is 36.4 Å². The molecule has 2 rings (SSSR count). The number of nitro benzene ring substituents is 1. The number of hydrogen-bond acceptors (Lipinski definition) is 3. The molecule has 0 radical (unpaired) electrons. The summed E-state index contributed by atoms with van der Waals surface area (Å²) in [6.07, 6.45) is 0. The normalized spacial score (nSPS) is 12.8. The monoisotopic (exact) mass is 504 g/mol. The highest BCUT2D eigenvalue weighted by atomic mass is 28.3. The second kappa shape index (κ2) is 9.78. The summed E-state index contributed by atoms with van der Waals surface area (Å²) in [4.78, 5) is 10.7. The van der Waals surface area contributed by atoms with Gasteiger partial charge in [-0.15, -0.1) is 0 Å². The molecule has 0 unspecified atom stereocenters. The number of anilines is 1. The minimum absolute atomic E-state index is 0.252. The smallest absolute Gasteiger partial charge is 0.269 e. The minimum Gasteiger partial charge on any atom is -0.399 e.